The molecule has 0 unspecified atom stereocenters. The molecule has 1 aliphatic heterocycles. The van der Waals surface area contributed by atoms with Crippen LogP contribution in [0.1, 0.15) is 16.1 Å². The Labute approximate surface area is 122 Å². The van der Waals surface area contributed by atoms with E-state index in [9.17, 15) is 4.79 Å². The highest BCUT2D eigenvalue weighted by Gasteiger charge is 2.28. The van der Waals surface area contributed by atoms with E-state index in [2.05, 4.69) is 14.6 Å². The number of carbonyl (C=O) groups is 1. The summed E-state index contributed by atoms with van der Waals surface area (Å²) in [6, 6.07) is 0.0614. The van der Waals surface area contributed by atoms with E-state index in [0.29, 0.717) is 11.4 Å². The number of nitrogens with zero attached hydrogens (tertiary/aromatic N) is 2. The first-order valence-electron chi connectivity index (χ1n) is 5.73. The molecule has 1 aliphatic rings. The number of rotatable bonds is 3. The van der Waals surface area contributed by atoms with Crippen molar-refractivity contribution in [1.29, 1.82) is 0 Å². The Bertz CT molecular complexity index is 429. The van der Waals surface area contributed by atoms with Crippen molar-refractivity contribution in [2.24, 2.45) is 5.73 Å². The number of carbonyl (C=O) groups excluding carboxylic acids is 1. The van der Waals surface area contributed by atoms with E-state index in [1.807, 2.05) is 0 Å². The number of halogens is 1. The molecule has 0 radical (unpaired) electrons. The lowest BCUT2D eigenvalue weighted by molar-refractivity contribution is 0.0606. The van der Waals surface area contributed by atoms with Gasteiger partial charge in [-0.2, -0.15) is 0 Å². The van der Waals surface area contributed by atoms with Gasteiger partial charge in [-0.05, 0) is 6.42 Å². The van der Waals surface area contributed by atoms with E-state index < -0.39 is 0 Å². The van der Waals surface area contributed by atoms with Crippen molar-refractivity contribution in [3.05, 3.63) is 11.1 Å². The molecule has 0 amide bonds. The number of anilines is 1. The van der Waals surface area contributed by atoms with E-state index in [1.165, 1.54) is 18.4 Å². The molecule has 0 aliphatic carbocycles. The Morgan fingerprint density at radius 2 is 2.32 bits per heavy atom. The van der Waals surface area contributed by atoms with Gasteiger partial charge in [-0.25, -0.2) is 9.78 Å². The van der Waals surface area contributed by atoms with Crippen molar-refractivity contribution in [2.75, 3.05) is 32.2 Å². The lowest BCUT2D eigenvalue weighted by atomic mass is 10.0. The summed E-state index contributed by atoms with van der Waals surface area (Å²) in [6.07, 6.45) is 2.40. The first-order valence-corrected chi connectivity index (χ1v) is 6.54. The predicted octanol–water partition coefficient (Wildman–Crippen LogP) is 0.904. The molecule has 1 saturated heterocycles. The largest absolute Gasteiger partial charge is 0.465 e. The Kier molecular flexibility index (Phi) is 5.99. The normalized spacial score (nSPS) is 22.8. The van der Waals surface area contributed by atoms with Crippen LogP contribution in [0.15, 0.2) is 6.20 Å². The molecule has 19 heavy (non-hydrogen) atoms. The summed E-state index contributed by atoms with van der Waals surface area (Å²) in [5.41, 5.74) is 5.96. The second-order valence-corrected chi connectivity index (χ2v) is 5.18. The highest BCUT2D eigenvalue weighted by molar-refractivity contribution is 7.17. The molecule has 0 spiro atoms. The van der Waals surface area contributed by atoms with Gasteiger partial charge in [0, 0.05) is 26.2 Å². The van der Waals surface area contributed by atoms with Crippen LogP contribution in [0.3, 0.4) is 0 Å². The van der Waals surface area contributed by atoms with Crippen molar-refractivity contribution in [3.8, 4) is 0 Å². The fourth-order valence-electron chi connectivity index (χ4n) is 1.96. The third-order valence-electron chi connectivity index (χ3n) is 3.06. The Balaban J connectivity index is 0.00000180. The van der Waals surface area contributed by atoms with Gasteiger partial charge in [0.15, 0.2) is 5.13 Å². The average molecular weight is 308 g/mol. The van der Waals surface area contributed by atoms with E-state index in [0.717, 1.165) is 18.1 Å². The number of hydrogen-bond acceptors (Lipinski definition) is 7. The predicted molar refractivity (Wildman–Crippen MR) is 76.3 cm³/mol. The van der Waals surface area contributed by atoms with Crippen molar-refractivity contribution in [3.63, 3.8) is 0 Å². The van der Waals surface area contributed by atoms with Crippen LogP contribution < -0.4 is 10.6 Å². The minimum Gasteiger partial charge on any atom is -0.465 e. The van der Waals surface area contributed by atoms with Crippen LogP contribution in [0.2, 0.25) is 0 Å². The van der Waals surface area contributed by atoms with Gasteiger partial charge in [0.2, 0.25) is 0 Å². The number of hydrogen-bond donors (Lipinski definition) is 1. The number of esters is 1. The molecule has 0 bridgehead atoms. The topological polar surface area (TPSA) is 77.7 Å². The van der Waals surface area contributed by atoms with Gasteiger partial charge in [-0.1, -0.05) is 11.3 Å². The molecule has 2 rings (SSSR count). The van der Waals surface area contributed by atoms with Gasteiger partial charge in [0.1, 0.15) is 4.88 Å². The minimum absolute atomic E-state index is 0. The van der Waals surface area contributed by atoms with Gasteiger partial charge in [-0.15, -0.1) is 12.4 Å². The molecule has 1 aromatic rings. The molecule has 0 aromatic carbocycles. The zero-order valence-corrected chi connectivity index (χ0v) is 12.5. The zero-order valence-electron chi connectivity index (χ0n) is 10.9. The van der Waals surface area contributed by atoms with Gasteiger partial charge in [0.25, 0.3) is 0 Å². The third kappa shape index (κ3) is 3.56. The SMILES string of the molecule is COC(=O)c1cnc(N2CC[C@@H](N)[C@H](OC)C2)s1.Cl. The Morgan fingerprint density at radius 1 is 1.58 bits per heavy atom. The minimum atomic E-state index is -0.351. The number of nitrogens with two attached hydrogens (primary N) is 1. The Morgan fingerprint density at radius 3 is 2.95 bits per heavy atom. The summed E-state index contributed by atoms with van der Waals surface area (Å²) < 4.78 is 10.0. The van der Waals surface area contributed by atoms with Crippen LogP contribution >= 0.6 is 23.7 Å². The average Bonchev–Trinajstić information content (AvgIpc) is 2.88. The van der Waals surface area contributed by atoms with Crippen molar-refractivity contribution >= 4 is 34.8 Å². The maximum absolute atomic E-state index is 11.4. The highest BCUT2D eigenvalue weighted by Crippen LogP contribution is 2.26. The molecule has 8 heteroatoms. The lowest BCUT2D eigenvalue weighted by Crippen LogP contribution is -2.51. The first kappa shape index (κ1) is 16.2. The summed E-state index contributed by atoms with van der Waals surface area (Å²) in [7, 11) is 3.03. The fraction of sp³-hybridized carbons (Fsp3) is 0.636. The van der Waals surface area contributed by atoms with Crippen molar-refractivity contribution in [1.82, 2.24) is 4.98 Å². The van der Waals surface area contributed by atoms with Crippen molar-refractivity contribution in [2.45, 2.75) is 18.6 Å². The van der Waals surface area contributed by atoms with Gasteiger partial charge >= 0.3 is 5.97 Å². The number of piperidine rings is 1. The summed E-state index contributed by atoms with van der Waals surface area (Å²) in [5, 5.41) is 0.810. The van der Waals surface area contributed by atoms with Gasteiger partial charge in [-0.3, -0.25) is 0 Å². The maximum Gasteiger partial charge on any atom is 0.349 e. The van der Waals surface area contributed by atoms with Crippen LogP contribution in [0, 0.1) is 0 Å². The molecule has 2 N–H and O–H groups in total. The molecule has 6 nitrogen and oxygen atoms in total. The highest BCUT2D eigenvalue weighted by atomic mass is 35.5. The molecule has 1 aromatic heterocycles. The number of aromatic nitrogens is 1. The monoisotopic (exact) mass is 307 g/mol. The molecule has 2 atom stereocenters. The first-order chi connectivity index (χ1) is 8.65. The van der Waals surface area contributed by atoms with Crippen LogP contribution in [-0.2, 0) is 9.47 Å². The van der Waals surface area contributed by atoms with Crippen LogP contribution in [0.5, 0.6) is 0 Å². The molecule has 0 saturated carbocycles. The van der Waals surface area contributed by atoms with Gasteiger partial charge < -0.3 is 20.1 Å². The standard InChI is InChI=1S/C11H17N3O3S.ClH/c1-16-8-6-14(4-3-7(8)12)11-13-5-9(18-11)10(15)17-2;/h5,7-8H,3-4,6,12H2,1-2H3;1H/t7-,8-;/m1./s1. The van der Waals surface area contributed by atoms with Crippen LogP contribution in [0.4, 0.5) is 5.13 Å². The summed E-state index contributed by atoms with van der Waals surface area (Å²) in [5.74, 6) is -0.351. The van der Waals surface area contributed by atoms with E-state index in [-0.39, 0.29) is 30.5 Å². The number of methoxy groups -OCH3 is 2. The maximum atomic E-state index is 11.4. The zero-order chi connectivity index (χ0) is 13.1. The lowest BCUT2D eigenvalue weighted by Gasteiger charge is -2.35. The van der Waals surface area contributed by atoms with Crippen LogP contribution in [-0.4, -0.2) is 50.4 Å². The quantitative estimate of drug-likeness (QED) is 0.836. The summed E-state index contributed by atoms with van der Waals surface area (Å²) in [6.45, 7) is 1.53. The molecular weight excluding hydrogens is 290 g/mol. The molecule has 108 valence electrons. The number of thiazole rings is 1. The van der Waals surface area contributed by atoms with E-state index >= 15 is 0 Å². The molecular formula is C11H18ClN3O3S. The second-order valence-electron chi connectivity index (χ2n) is 4.17. The summed E-state index contributed by atoms with van der Waals surface area (Å²) >= 11 is 1.33. The Hall–Kier alpha value is -0.890. The van der Waals surface area contributed by atoms with E-state index in [1.54, 1.807) is 13.3 Å². The fourth-order valence-corrected chi connectivity index (χ4v) is 2.83. The second kappa shape index (κ2) is 7.04. The number of ether oxygens (including phenoxy) is 2. The van der Waals surface area contributed by atoms with Crippen molar-refractivity contribution < 1.29 is 14.3 Å². The third-order valence-corrected chi connectivity index (χ3v) is 4.10. The summed E-state index contributed by atoms with van der Waals surface area (Å²) in [4.78, 5) is 18.2. The smallest absolute Gasteiger partial charge is 0.349 e. The van der Waals surface area contributed by atoms with Crippen LogP contribution in [0.25, 0.3) is 0 Å². The van der Waals surface area contributed by atoms with Gasteiger partial charge in [0.05, 0.1) is 19.4 Å². The molecule has 2 heterocycles. The van der Waals surface area contributed by atoms with E-state index in [4.69, 9.17) is 10.5 Å². The molecule has 1 fully saturated rings.